The average molecular weight is 112 g/mol. The van der Waals surface area contributed by atoms with Crippen molar-refractivity contribution in [3.05, 3.63) is 11.8 Å². The van der Waals surface area contributed by atoms with Crippen LogP contribution in [0.2, 0.25) is 0 Å². The van der Waals surface area contributed by atoms with E-state index in [2.05, 4.69) is 0 Å². The van der Waals surface area contributed by atoms with Gasteiger partial charge in [0.25, 0.3) is 0 Å². The molecule has 1 aliphatic carbocycles. The fourth-order valence-corrected chi connectivity index (χ4v) is 0.564. The normalized spacial score (nSPS) is 17.1. The molecule has 0 unspecified atom stereocenters. The van der Waals surface area contributed by atoms with Gasteiger partial charge in [-0.3, -0.25) is 4.79 Å². The van der Waals surface area contributed by atoms with Crippen molar-refractivity contribution >= 4 is 5.78 Å². The molecule has 1 aliphatic rings. The summed E-state index contributed by atoms with van der Waals surface area (Å²) in [4.78, 5) is 10.4. The molecule has 0 heterocycles. The molecule has 0 aromatic carbocycles. The first-order valence-corrected chi connectivity index (χ1v) is 2.70. The van der Waals surface area contributed by atoms with Crippen molar-refractivity contribution in [1.29, 1.82) is 0 Å². The first kappa shape index (κ1) is 5.35. The van der Waals surface area contributed by atoms with Crippen molar-refractivity contribution in [3.63, 3.8) is 0 Å². The summed E-state index contributed by atoms with van der Waals surface area (Å²) in [5, 5.41) is 0. The Morgan fingerprint density at radius 3 is 2.75 bits per heavy atom. The number of ether oxygens (including phenoxy) is 1. The van der Waals surface area contributed by atoms with Gasteiger partial charge >= 0.3 is 0 Å². The molecular weight excluding hydrogens is 104 g/mol. The summed E-state index contributed by atoms with van der Waals surface area (Å²) in [7, 11) is 0. The van der Waals surface area contributed by atoms with E-state index in [1.807, 2.05) is 6.92 Å². The Hall–Kier alpha value is -0.790. The Morgan fingerprint density at radius 2 is 2.62 bits per heavy atom. The average Bonchev–Trinajstić information content (AvgIpc) is 1.79. The molecule has 0 fully saturated rings. The molecular formula is C6H8O2. The van der Waals surface area contributed by atoms with Crippen LogP contribution in [0.1, 0.15) is 13.3 Å². The molecule has 0 saturated carbocycles. The number of allylic oxidation sites excluding steroid dienone is 2. The highest BCUT2D eigenvalue weighted by atomic mass is 16.5. The van der Waals surface area contributed by atoms with Crippen LogP contribution in [0.5, 0.6) is 0 Å². The molecule has 0 N–H and O–H groups in total. The van der Waals surface area contributed by atoms with Crippen LogP contribution in [0.25, 0.3) is 0 Å². The predicted octanol–water partition coefficient (Wildman–Crippen LogP) is 0.880. The molecule has 0 radical (unpaired) electrons. The first-order valence-electron chi connectivity index (χ1n) is 2.70. The molecule has 0 atom stereocenters. The van der Waals surface area contributed by atoms with Gasteiger partial charge in [-0.2, -0.15) is 0 Å². The van der Waals surface area contributed by atoms with E-state index in [1.54, 1.807) is 6.08 Å². The highest BCUT2D eigenvalue weighted by Crippen LogP contribution is 2.13. The number of rotatable bonds is 2. The van der Waals surface area contributed by atoms with Crippen LogP contribution in [0.3, 0.4) is 0 Å². The van der Waals surface area contributed by atoms with Crippen molar-refractivity contribution < 1.29 is 9.53 Å². The van der Waals surface area contributed by atoms with Crippen molar-refractivity contribution in [1.82, 2.24) is 0 Å². The maximum absolute atomic E-state index is 10.4. The van der Waals surface area contributed by atoms with Gasteiger partial charge in [0.2, 0.25) is 5.78 Å². The fourth-order valence-electron chi connectivity index (χ4n) is 0.564. The quantitative estimate of drug-likeness (QED) is 0.530. The summed E-state index contributed by atoms with van der Waals surface area (Å²) in [6.07, 6.45) is 2.36. The van der Waals surface area contributed by atoms with E-state index >= 15 is 0 Å². The lowest BCUT2D eigenvalue weighted by Gasteiger charge is -2.11. The van der Waals surface area contributed by atoms with E-state index in [9.17, 15) is 4.79 Å². The van der Waals surface area contributed by atoms with E-state index in [-0.39, 0.29) is 5.78 Å². The molecule has 0 saturated heterocycles. The van der Waals surface area contributed by atoms with E-state index < -0.39 is 0 Å². The Labute approximate surface area is 48.1 Å². The Kier molecular flexibility index (Phi) is 1.33. The van der Waals surface area contributed by atoms with Gasteiger partial charge in [0, 0.05) is 6.42 Å². The summed E-state index contributed by atoms with van der Waals surface area (Å²) in [6.45, 7) is 2.46. The lowest BCUT2D eigenvalue weighted by molar-refractivity contribution is -0.120. The minimum Gasteiger partial charge on any atom is -0.490 e. The van der Waals surface area contributed by atoms with Crippen molar-refractivity contribution in [2.45, 2.75) is 13.3 Å². The zero-order valence-corrected chi connectivity index (χ0v) is 4.81. The molecule has 2 nitrogen and oxygen atoms in total. The summed E-state index contributed by atoms with van der Waals surface area (Å²) in [6, 6.07) is 0. The van der Waals surface area contributed by atoms with E-state index in [4.69, 9.17) is 4.74 Å². The number of hydrogen-bond acceptors (Lipinski definition) is 2. The van der Waals surface area contributed by atoms with Crippen LogP contribution >= 0.6 is 0 Å². The Bertz CT molecular complexity index is 135. The maximum Gasteiger partial charge on any atom is 0.200 e. The second-order valence-electron chi connectivity index (χ2n) is 1.63. The smallest absolute Gasteiger partial charge is 0.200 e. The van der Waals surface area contributed by atoms with Crippen LogP contribution in [0, 0.1) is 0 Å². The number of carbonyl (C=O) groups is 1. The lowest BCUT2D eigenvalue weighted by atomic mass is 10.1. The minimum atomic E-state index is 0.131. The number of Topliss-reactive ketones (excluding diaryl/α,β-unsaturated/α-hetero) is 1. The molecule has 0 aromatic rings. The maximum atomic E-state index is 10.4. The first-order chi connectivity index (χ1) is 3.84. The van der Waals surface area contributed by atoms with Gasteiger partial charge in [0.1, 0.15) is 0 Å². The third-order valence-electron chi connectivity index (χ3n) is 1.05. The highest BCUT2D eigenvalue weighted by Gasteiger charge is 2.17. The lowest BCUT2D eigenvalue weighted by Crippen LogP contribution is -2.13. The molecule has 2 heteroatoms. The second-order valence-corrected chi connectivity index (χ2v) is 1.63. The van der Waals surface area contributed by atoms with Crippen molar-refractivity contribution in [2.24, 2.45) is 0 Å². The zero-order chi connectivity index (χ0) is 5.98. The zero-order valence-electron chi connectivity index (χ0n) is 4.81. The van der Waals surface area contributed by atoms with E-state index in [0.717, 1.165) is 0 Å². The SMILES string of the molecule is CCOC1=CCC1=O. The standard InChI is InChI=1S/C6H8O2/c1-2-8-6-4-3-5(6)7/h4H,2-3H2,1H3. The molecule has 0 aromatic heterocycles. The number of hydrogen-bond donors (Lipinski definition) is 0. The fraction of sp³-hybridized carbons (Fsp3) is 0.500. The molecule has 44 valence electrons. The van der Waals surface area contributed by atoms with Crippen LogP contribution in [-0.4, -0.2) is 12.4 Å². The van der Waals surface area contributed by atoms with Crippen LogP contribution in [-0.2, 0) is 9.53 Å². The molecule has 0 amide bonds. The van der Waals surface area contributed by atoms with Crippen LogP contribution < -0.4 is 0 Å². The monoisotopic (exact) mass is 112 g/mol. The highest BCUT2D eigenvalue weighted by molar-refractivity contribution is 6.00. The van der Waals surface area contributed by atoms with Gasteiger partial charge in [-0.25, -0.2) is 0 Å². The predicted molar refractivity (Wildman–Crippen MR) is 29.3 cm³/mol. The molecule has 8 heavy (non-hydrogen) atoms. The summed E-state index contributed by atoms with van der Waals surface area (Å²) >= 11 is 0. The number of carbonyl (C=O) groups excluding carboxylic acids is 1. The van der Waals surface area contributed by atoms with Gasteiger partial charge in [-0.15, -0.1) is 0 Å². The summed E-state index contributed by atoms with van der Waals surface area (Å²) < 4.78 is 4.90. The summed E-state index contributed by atoms with van der Waals surface area (Å²) in [5.41, 5.74) is 0. The third kappa shape index (κ3) is 0.735. The Balaban J connectivity index is 2.37. The van der Waals surface area contributed by atoms with Gasteiger partial charge in [0.15, 0.2) is 5.76 Å². The largest absolute Gasteiger partial charge is 0.490 e. The molecule has 0 aliphatic heterocycles. The number of ketones is 1. The van der Waals surface area contributed by atoms with E-state index in [1.165, 1.54) is 0 Å². The molecule has 1 rings (SSSR count). The minimum absolute atomic E-state index is 0.131. The van der Waals surface area contributed by atoms with Gasteiger partial charge in [-0.05, 0) is 13.0 Å². The van der Waals surface area contributed by atoms with Crippen molar-refractivity contribution in [2.75, 3.05) is 6.61 Å². The van der Waals surface area contributed by atoms with Gasteiger partial charge < -0.3 is 4.74 Å². The summed E-state index contributed by atoms with van der Waals surface area (Å²) in [5.74, 6) is 0.680. The Morgan fingerprint density at radius 1 is 1.88 bits per heavy atom. The van der Waals surface area contributed by atoms with Gasteiger partial charge in [0.05, 0.1) is 6.61 Å². The second kappa shape index (κ2) is 1.99. The van der Waals surface area contributed by atoms with Crippen LogP contribution in [0.15, 0.2) is 11.8 Å². The van der Waals surface area contributed by atoms with Crippen molar-refractivity contribution in [3.8, 4) is 0 Å². The van der Waals surface area contributed by atoms with Gasteiger partial charge in [-0.1, -0.05) is 0 Å². The third-order valence-corrected chi connectivity index (χ3v) is 1.05. The topological polar surface area (TPSA) is 26.3 Å². The molecule has 0 spiro atoms. The molecule has 0 bridgehead atoms. The van der Waals surface area contributed by atoms with Crippen LogP contribution in [0.4, 0.5) is 0 Å². The van der Waals surface area contributed by atoms with E-state index in [0.29, 0.717) is 18.8 Å².